The van der Waals surface area contributed by atoms with Crippen molar-refractivity contribution in [1.82, 2.24) is 0 Å². The van der Waals surface area contributed by atoms with E-state index in [1.807, 2.05) is 13.8 Å². The number of hydrogen-bond donors (Lipinski definition) is 2. The summed E-state index contributed by atoms with van der Waals surface area (Å²) >= 11 is 0. The lowest BCUT2D eigenvalue weighted by Crippen LogP contribution is -2.11. The van der Waals surface area contributed by atoms with Gasteiger partial charge in [-0.3, -0.25) is 0 Å². The number of phenols is 2. The minimum Gasteiger partial charge on any atom is -0.508 e. The summed E-state index contributed by atoms with van der Waals surface area (Å²) in [6.45, 7) is 10.4. The van der Waals surface area contributed by atoms with Crippen LogP contribution < -0.4 is 0 Å². The third-order valence-corrected chi connectivity index (χ3v) is 6.84. The van der Waals surface area contributed by atoms with E-state index in [1.165, 1.54) is 12.1 Å². The van der Waals surface area contributed by atoms with Crippen LogP contribution in [0.2, 0.25) is 0 Å². The van der Waals surface area contributed by atoms with E-state index in [4.69, 9.17) is 0 Å². The summed E-state index contributed by atoms with van der Waals surface area (Å²) in [5, 5.41) is 20.2. The highest BCUT2D eigenvalue weighted by Gasteiger charge is 2.29. The number of hydrogen-bond acceptors (Lipinski definition) is 4. The minimum absolute atomic E-state index is 0.0584. The van der Waals surface area contributed by atoms with Crippen molar-refractivity contribution in [2.45, 2.75) is 51.3 Å². The summed E-state index contributed by atoms with van der Waals surface area (Å²) in [7, 11) is -3.90. The lowest BCUT2D eigenvalue weighted by atomic mass is 10.0. The van der Waals surface area contributed by atoms with Crippen LogP contribution in [0.5, 0.6) is 11.5 Å². The summed E-state index contributed by atoms with van der Waals surface area (Å²) in [6, 6.07) is 2.93. The molecule has 0 aromatic heterocycles. The molecule has 5 heteroatoms. The minimum atomic E-state index is -3.90. The third-order valence-electron chi connectivity index (χ3n) is 4.62. The molecule has 0 radical (unpaired) electrons. The van der Waals surface area contributed by atoms with Gasteiger partial charge in [0.05, 0.1) is 4.90 Å². The van der Waals surface area contributed by atoms with Gasteiger partial charge in [-0.2, -0.15) is 0 Å². The fourth-order valence-electron chi connectivity index (χ4n) is 2.93. The molecule has 0 aliphatic carbocycles. The van der Waals surface area contributed by atoms with Crippen LogP contribution in [-0.2, 0) is 9.84 Å². The molecule has 0 fully saturated rings. The maximum absolute atomic E-state index is 13.2. The number of sulfone groups is 1. The molecule has 0 aliphatic heterocycles. The second-order valence-electron chi connectivity index (χ2n) is 6.09. The van der Waals surface area contributed by atoms with Crippen LogP contribution in [0, 0.1) is 41.5 Å². The summed E-state index contributed by atoms with van der Waals surface area (Å²) in [5.41, 5.74) is 3.71. The molecule has 2 N–H and O–H groups in total. The molecule has 0 aliphatic rings. The smallest absolute Gasteiger partial charge is 0.211 e. The standard InChI is InChI=1S/C18H22O4S/c1-9-7-16(20)18(13(5)11(9)3)23(21,22)17-10(2)8-15(19)12(4)14(17)6/h7-8,19-20H,1-6H3. The average molecular weight is 334 g/mol. The molecular formula is C18H22O4S. The molecule has 23 heavy (non-hydrogen) atoms. The number of aromatic hydroxyl groups is 2. The van der Waals surface area contributed by atoms with Crippen molar-refractivity contribution in [2.75, 3.05) is 0 Å². The van der Waals surface area contributed by atoms with Crippen molar-refractivity contribution in [3.63, 3.8) is 0 Å². The third kappa shape index (κ3) is 2.59. The highest BCUT2D eigenvalue weighted by atomic mass is 32.2. The maximum Gasteiger partial charge on any atom is 0.211 e. The van der Waals surface area contributed by atoms with Crippen LogP contribution in [0.4, 0.5) is 0 Å². The Morgan fingerprint density at radius 1 is 0.652 bits per heavy atom. The Balaban J connectivity index is 2.91. The van der Waals surface area contributed by atoms with Crippen LogP contribution in [0.3, 0.4) is 0 Å². The number of aryl methyl sites for hydroxylation is 2. The van der Waals surface area contributed by atoms with E-state index in [1.54, 1.807) is 27.7 Å². The zero-order valence-electron chi connectivity index (χ0n) is 14.3. The number of benzene rings is 2. The zero-order valence-corrected chi connectivity index (χ0v) is 15.1. The Morgan fingerprint density at radius 2 is 1.13 bits per heavy atom. The number of rotatable bonds is 2. The SMILES string of the molecule is Cc1cc(O)c(S(=O)(=O)c2c(C)cc(O)c(C)c2C)c(C)c1C. The van der Waals surface area contributed by atoms with E-state index in [2.05, 4.69) is 0 Å². The summed E-state index contributed by atoms with van der Waals surface area (Å²) in [6.07, 6.45) is 0. The molecule has 0 heterocycles. The van der Waals surface area contributed by atoms with Gasteiger partial charge in [-0.25, -0.2) is 8.42 Å². The molecule has 124 valence electrons. The molecule has 0 spiro atoms. The van der Waals surface area contributed by atoms with Crippen LogP contribution in [-0.4, -0.2) is 18.6 Å². The van der Waals surface area contributed by atoms with Crippen LogP contribution in [0.15, 0.2) is 21.9 Å². The van der Waals surface area contributed by atoms with Crippen LogP contribution in [0.1, 0.15) is 33.4 Å². The quantitative estimate of drug-likeness (QED) is 0.876. The Hall–Kier alpha value is -2.01. The molecule has 0 atom stereocenters. The first kappa shape index (κ1) is 17.3. The van der Waals surface area contributed by atoms with E-state index < -0.39 is 9.84 Å². The summed E-state index contributed by atoms with van der Waals surface area (Å²) < 4.78 is 26.4. The Morgan fingerprint density at radius 3 is 1.70 bits per heavy atom. The molecule has 2 rings (SSSR count). The monoisotopic (exact) mass is 334 g/mol. The van der Waals surface area contributed by atoms with E-state index in [0.29, 0.717) is 22.3 Å². The van der Waals surface area contributed by atoms with Gasteiger partial charge in [0, 0.05) is 0 Å². The first-order chi connectivity index (χ1) is 10.5. The van der Waals surface area contributed by atoms with E-state index in [0.717, 1.165) is 11.1 Å². The van der Waals surface area contributed by atoms with E-state index >= 15 is 0 Å². The van der Waals surface area contributed by atoms with Crippen molar-refractivity contribution in [1.29, 1.82) is 0 Å². The fraction of sp³-hybridized carbons (Fsp3) is 0.333. The maximum atomic E-state index is 13.2. The Labute approximate surface area is 137 Å². The van der Waals surface area contributed by atoms with E-state index in [9.17, 15) is 18.6 Å². The summed E-state index contributed by atoms with van der Waals surface area (Å²) in [5.74, 6) is -0.171. The van der Waals surface area contributed by atoms with Gasteiger partial charge >= 0.3 is 0 Å². The first-order valence-corrected chi connectivity index (χ1v) is 8.83. The largest absolute Gasteiger partial charge is 0.508 e. The highest BCUT2D eigenvalue weighted by Crippen LogP contribution is 2.39. The predicted molar refractivity (Wildman–Crippen MR) is 90.1 cm³/mol. The van der Waals surface area contributed by atoms with Gasteiger partial charge in [0.1, 0.15) is 16.4 Å². The van der Waals surface area contributed by atoms with Gasteiger partial charge in [-0.1, -0.05) is 0 Å². The van der Waals surface area contributed by atoms with Gasteiger partial charge in [0.2, 0.25) is 9.84 Å². The van der Waals surface area contributed by atoms with Crippen molar-refractivity contribution in [3.05, 3.63) is 45.5 Å². The van der Waals surface area contributed by atoms with Crippen LogP contribution in [0.25, 0.3) is 0 Å². The average Bonchev–Trinajstić information content (AvgIpc) is 2.41. The molecule has 0 unspecified atom stereocenters. The second-order valence-corrected chi connectivity index (χ2v) is 7.91. The van der Waals surface area contributed by atoms with Crippen molar-refractivity contribution < 1.29 is 18.6 Å². The molecule has 0 bridgehead atoms. The molecule has 2 aromatic rings. The Bertz CT molecular complexity index is 840. The number of phenolic OH excluding ortho intramolecular Hbond substituents is 2. The zero-order chi connectivity index (χ0) is 17.7. The normalized spacial score (nSPS) is 11.7. The molecule has 0 saturated carbocycles. The summed E-state index contributed by atoms with van der Waals surface area (Å²) in [4.78, 5) is 0.0892. The Kier molecular flexibility index (Phi) is 4.20. The van der Waals surface area contributed by atoms with Gasteiger partial charge in [0.25, 0.3) is 0 Å². The molecule has 0 amide bonds. The van der Waals surface area contributed by atoms with Gasteiger partial charge < -0.3 is 10.2 Å². The fourth-order valence-corrected chi connectivity index (χ4v) is 5.06. The topological polar surface area (TPSA) is 74.6 Å². The van der Waals surface area contributed by atoms with Gasteiger partial charge in [0.15, 0.2) is 0 Å². The molecule has 4 nitrogen and oxygen atoms in total. The molecule has 2 aromatic carbocycles. The second kappa shape index (κ2) is 5.57. The highest BCUT2D eigenvalue weighted by molar-refractivity contribution is 7.91. The van der Waals surface area contributed by atoms with Crippen LogP contribution >= 0.6 is 0 Å². The van der Waals surface area contributed by atoms with Crippen molar-refractivity contribution in [2.24, 2.45) is 0 Å². The van der Waals surface area contributed by atoms with Gasteiger partial charge in [-0.05, 0) is 87.1 Å². The van der Waals surface area contributed by atoms with E-state index in [-0.39, 0.29) is 21.3 Å². The lowest BCUT2D eigenvalue weighted by Gasteiger charge is -2.18. The van der Waals surface area contributed by atoms with Gasteiger partial charge in [-0.15, -0.1) is 0 Å². The molecular weight excluding hydrogens is 312 g/mol. The van der Waals surface area contributed by atoms with Crippen molar-refractivity contribution >= 4 is 9.84 Å². The van der Waals surface area contributed by atoms with Crippen molar-refractivity contribution in [3.8, 4) is 11.5 Å². The lowest BCUT2D eigenvalue weighted by molar-refractivity contribution is 0.456. The predicted octanol–water partition coefficient (Wildman–Crippen LogP) is 3.78. The first-order valence-electron chi connectivity index (χ1n) is 7.34. The molecule has 0 saturated heterocycles.